The maximum absolute atomic E-state index is 15.4. The van der Waals surface area contributed by atoms with Gasteiger partial charge in [-0.1, -0.05) is 5.92 Å². The van der Waals surface area contributed by atoms with Crippen molar-refractivity contribution >= 4 is 56.7 Å². The van der Waals surface area contributed by atoms with Gasteiger partial charge >= 0.3 is 11.9 Å². The monoisotopic (exact) mass is 886 g/mol. The number of terminal acetylenes is 2. The maximum atomic E-state index is 15.4. The van der Waals surface area contributed by atoms with Crippen LogP contribution in [0.5, 0.6) is 0 Å². The number of fused-ring (bicyclic) bond motifs is 10. The van der Waals surface area contributed by atoms with E-state index in [1.165, 1.54) is 12.1 Å². The average molecular weight is 887 g/mol. The van der Waals surface area contributed by atoms with Gasteiger partial charge in [0.15, 0.2) is 23.3 Å². The van der Waals surface area contributed by atoms with Crippen molar-refractivity contribution in [3.63, 3.8) is 0 Å². The summed E-state index contributed by atoms with van der Waals surface area (Å²) in [5.74, 6) is 2.60. The van der Waals surface area contributed by atoms with Crippen LogP contribution in [-0.4, -0.2) is 83.0 Å². The first-order chi connectivity index (χ1) is 32.0. The second-order valence-electron chi connectivity index (χ2n) is 18.2. The molecular formula is C48H40F2N12O4. The average Bonchev–Trinajstić information content (AvgIpc) is 4.12. The van der Waals surface area contributed by atoms with E-state index in [1.807, 2.05) is 0 Å². The first kappa shape index (κ1) is 39.7. The lowest BCUT2D eigenvalue weighted by Crippen LogP contribution is -2.51. The molecule has 8 heterocycles. The van der Waals surface area contributed by atoms with Crippen molar-refractivity contribution in [2.45, 2.75) is 63.5 Å². The molecule has 0 aromatic carbocycles. The fraction of sp³-hybridized carbons (Fsp3) is 0.333. The van der Waals surface area contributed by atoms with Gasteiger partial charge in [-0.15, -0.1) is 23.0 Å². The van der Waals surface area contributed by atoms with Crippen LogP contribution in [0.15, 0.2) is 55.2 Å². The molecule has 6 fully saturated rings. The van der Waals surface area contributed by atoms with E-state index < -0.39 is 41.5 Å². The van der Waals surface area contributed by atoms with Crippen LogP contribution in [0.25, 0.3) is 61.6 Å². The lowest BCUT2D eigenvalue weighted by atomic mass is 9.61. The smallest absolute Gasteiger partial charge is 0.308 e. The number of carboxylic acid groups (broad SMARTS) is 2. The van der Waals surface area contributed by atoms with Gasteiger partial charge in [0.1, 0.15) is 39.7 Å². The van der Waals surface area contributed by atoms with Crippen molar-refractivity contribution in [2.75, 3.05) is 10.6 Å². The number of pyridine rings is 2. The third-order valence-corrected chi connectivity index (χ3v) is 14.8. The summed E-state index contributed by atoms with van der Waals surface area (Å²) in [4.78, 5) is 47.4. The summed E-state index contributed by atoms with van der Waals surface area (Å²) in [5.41, 5.74) is 3.73. The van der Waals surface area contributed by atoms with Gasteiger partial charge < -0.3 is 25.8 Å². The van der Waals surface area contributed by atoms with Crippen molar-refractivity contribution in [1.82, 2.24) is 48.7 Å². The Kier molecular flexibility index (Phi) is 8.93. The van der Waals surface area contributed by atoms with Gasteiger partial charge in [-0.25, -0.2) is 37.7 Å². The highest BCUT2D eigenvalue weighted by atomic mass is 19.1. The summed E-state index contributed by atoms with van der Waals surface area (Å²) in [6, 6.07) is 5.37. The second kappa shape index (κ2) is 14.8. The summed E-state index contributed by atoms with van der Waals surface area (Å²) < 4.78 is 34.8. The SMILES string of the molecule is C#Cc1cc2c(N[C@H]3C4CCC(CC4)[C@@H]3C(=O)O)nc(-c3cn(-c4cc5c(N[C@H]6C7CCC(CC7)[C@@H]6C(=O)O)nc(-c6c[nH]c7ncc(F)cc67)nn5c4C#C)c4ncc(F)cc34)nn2c1. The van der Waals surface area contributed by atoms with Crippen molar-refractivity contribution in [3.05, 3.63) is 78.1 Å². The van der Waals surface area contributed by atoms with Crippen LogP contribution in [0, 0.1) is 71.8 Å². The zero-order valence-electron chi connectivity index (χ0n) is 35.1. The normalized spacial score (nSPS) is 24.5. The number of nitrogens with zero attached hydrogens (tertiary/aromatic N) is 9. The van der Waals surface area contributed by atoms with E-state index in [2.05, 4.69) is 37.4 Å². The molecule has 6 aliphatic rings. The van der Waals surface area contributed by atoms with Crippen molar-refractivity contribution in [2.24, 2.45) is 35.5 Å². The van der Waals surface area contributed by atoms with Gasteiger partial charge in [0.2, 0.25) is 0 Å². The zero-order chi connectivity index (χ0) is 45.1. The number of nitrogens with one attached hydrogen (secondary N) is 3. The van der Waals surface area contributed by atoms with Crippen molar-refractivity contribution in [1.29, 1.82) is 0 Å². The number of H-pyrrole nitrogens is 1. The quantitative estimate of drug-likeness (QED) is 0.0916. The van der Waals surface area contributed by atoms with Crippen LogP contribution < -0.4 is 10.6 Å². The topological polar surface area (TPSA) is 206 Å². The van der Waals surface area contributed by atoms with E-state index in [9.17, 15) is 24.2 Å². The second-order valence-corrected chi connectivity index (χ2v) is 18.2. The Balaban J connectivity index is 1.04. The highest BCUT2D eigenvalue weighted by molar-refractivity contribution is 5.95. The summed E-state index contributed by atoms with van der Waals surface area (Å²) in [7, 11) is 0. The summed E-state index contributed by atoms with van der Waals surface area (Å²) in [5, 5.41) is 38.6. The van der Waals surface area contributed by atoms with Crippen LogP contribution in [-0.2, 0) is 9.59 Å². The molecule has 6 saturated carbocycles. The lowest BCUT2D eigenvalue weighted by Gasteiger charge is -2.47. The maximum Gasteiger partial charge on any atom is 0.308 e. The van der Waals surface area contributed by atoms with E-state index in [4.69, 9.17) is 33.0 Å². The number of carbonyl (C=O) groups is 2. The highest BCUT2D eigenvalue weighted by Crippen LogP contribution is 2.48. The van der Waals surface area contributed by atoms with Crippen LogP contribution in [0.3, 0.4) is 0 Å². The number of hydrogen-bond acceptors (Lipinski definition) is 10. The molecule has 66 heavy (non-hydrogen) atoms. The molecule has 330 valence electrons. The molecule has 0 spiro atoms. The molecule has 4 bridgehead atoms. The first-order valence-corrected chi connectivity index (χ1v) is 22.1. The first-order valence-electron chi connectivity index (χ1n) is 22.1. The van der Waals surface area contributed by atoms with Crippen LogP contribution in [0.2, 0.25) is 0 Å². The number of aromatic amines is 1. The number of halogens is 2. The largest absolute Gasteiger partial charge is 0.481 e. The van der Waals surface area contributed by atoms with Crippen LogP contribution in [0.1, 0.15) is 62.6 Å². The van der Waals surface area contributed by atoms with Gasteiger partial charge in [-0.05, 0) is 105 Å². The van der Waals surface area contributed by atoms with Gasteiger partial charge in [0.25, 0.3) is 0 Å². The Morgan fingerprint density at radius 3 is 1.92 bits per heavy atom. The number of hydrogen-bond donors (Lipinski definition) is 5. The molecule has 0 unspecified atom stereocenters. The Labute approximate surface area is 373 Å². The van der Waals surface area contributed by atoms with Gasteiger partial charge in [-0.3, -0.25) is 14.2 Å². The molecular weight excluding hydrogens is 847 g/mol. The molecule has 0 radical (unpaired) electrons. The number of aliphatic carboxylic acids is 2. The van der Waals surface area contributed by atoms with Crippen molar-refractivity contribution < 1.29 is 28.6 Å². The van der Waals surface area contributed by atoms with Gasteiger partial charge in [0.05, 0.1) is 29.9 Å². The predicted molar refractivity (Wildman–Crippen MR) is 238 cm³/mol. The van der Waals surface area contributed by atoms with Gasteiger partial charge in [0, 0.05) is 58.1 Å². The van der Waals surface area contributed by atoms with Crippen LogP contribution >= 0.6 is 0 Å². The third-order valence-electron chi connectivity index (χ3n) is 14.8. The molecule has 0 aliphatic heterocycles. The third kappa shape index (κ3) is 6.11. The summed E-state index contributed by atoms with van der Waals surface area (Å²) in [6.45, 7) is 0. The molecule has 0 amide bonds. The number of rotatable bonds is 9. The van der Waals surface area contributed by atoms with E-state index in [-0.39, 0.29) is 47.1 Å². The Morgan fingerprint density at radius 2 is 1.30 bits per heavy atom. The fourth-order valence-corrected chi connectivity index (χ4v) is 11.8. The number of carboxylic acids is 2. The fourth-order valence-electron chi connectivity index (χ4n) is 11.8. The molecule has 14 rings (SSSR count). The molecule has 0 saturated heterocycles. The minimum Gasteiger partial charge on any atom is -0.481 e. The molecule has 6 aliphatic carbocycles. The molecule has 4 atom stereocenters. The number of aromatic nitrogens is 10. The molecule has 18 heteroatoms. The minimum absolute atomic E-state index is 0.00276. The zero-order valence-corrected chi connectivity index (χ0v) is 35.1. The molecule has 5 N–H and O–H groups in total. The Hall–Kier alpha value is -7.86. The Bertz CT molecular complexity index is 3430. The van der Waals surface area contributed by atoms with E-state index in [0.717, 1.165) is 63.8 Å². The van der Waals surface area contributed by atoms with Crippen LogP contribution in [0.4, 0.5) is 20.4 Å². The summed E-state index contributed by atoms with van der Waals surface area (Å²) in [6.07, 6.45) is 26.4. The molecule has 16 nitrogen and oxygen atoms in total. The predicted octanol–water partition coefficient (Wildman–Crippen LogP) is 7.16. The lowest BCUT2D eigenvalue weighted by molar-refractivity contribution is -0.149. The molecule has 8 aromatic heterocycles. The number of anilines is 2. The van der Waals surface area contributed by atoms with E-state index >= 15 is 4.39 Å². The van der Waals surface area contributed by atoms with E-state index in [1.54, 1.807) is 44.3 Å². The standard InChI is InChI=1S/C48H40F2N12O4/c1-3-22-13-35-44(54-39-25-9-5-23(6-10-25)37(39)47(63)64)57-43(58-61(35)20-22)32-21-60(46-30(32)15-28(50)18-53-46)34-16-36-45(55-40-26-11-7-24(8-12-26)38(40)48(65)66)56-42(59-62(36)33(34)4-2)31-19-52-41-29(31)14-27(49)17-51-41/h1-2,13-21,23-26,37-40H,5-12H2,(H,51,52)(H,63,64)(H,65,66)(H,54,57,58)(H,55,56,59)/t23?,24?,25?,26?,37-,38-,39-,40-/m0/s1. The van der Waals surface area contributed by atoms with Gasteiger partial charge in [-0.2, -0.15) is 0 Å². The van der Waals surface area contributed by atoms with Crippen molar-refractivity contribution in [3.8, 4) is 53.2 Å². The highest BCUT2D eigenvalue weighted by Gasteiger charge is 2.49. The minimum atomic E-state index is -0.878. The summed E-state index contributed by atoms with van der Waals surface area (Å²) >= 11 is 0. The molecule has 8 aromatic rings. The van der Waals surface area contributed by atoms with E-state index in [0.29, 0.717) is 67.1 Å². The Morgan fingerprint density at radius 1 is 0.712 bits per heavy atom.